The molecular weight excluding hydrogens is 267 g/mol. The number of alkyl halides is 3. The van der Waals surface area contributed by atoms with Crippen LogP contribution in [0.4, 0.5) is 24.5 Å². The molecule has 0 fully saturated rings. The van der Waals surface area contributed by atoms with E-state index in [9.17, 15) is 18.0 Å². The lowest BCUT2D eigenvalue weighted by molar-refractivity contribution is -0.169. The smallest absolute Gasteiger partial charge is 0.273 e. The number of amides is 1. The summed E-state index contributed by atoms with van der Waals surface area (Å²) in [5.41, 5.74) is 1.15. The third kappa shape index (κ3) is 2.99. The van der Waals surface area contributed by atoms with Gasteiger partial charge in [0.2, 0.25) is 0 Å². The molecule has 0 atom stereocenters. The highest BCUT2D eigenvalue weighted by Crippen LogP contribution is 2.31. The molecule has 2 aromatic carbocycles. The fourth-order valence-electron chi connectivity index (χ4n) is 1.85. The average molecular weight is 279 g/mol. The van der Waals surface area contributed by atoms with Gasteiger partial charge in [-0.2, -0.15) is 13.2 Å². The topological polar surface area (TPSA) is 20.3 Å². The zero-order chi connectivity index (χ0) is 14.8. The lowest BCUT2D eigenvalue weighted by Crippen LogP contribution is -2.38. The third-order valence-corrected chi connectivity index (χ3v) is 2.72. The second-order valence-corrected chi connectivity index (χ2v) is 4.31. The van der Waals surface area contributed by atoms with Crippen molar-refractivity contribution in [3.05, 3.63) is 60.2 Å². The molecule has 0 heterocycles. The SMILES string of the molecule is Cc1cccc(N(C(=O)C(F)(F)F)c2ccccc2)c1. The molecule has 1 amide bonds. The van der Waals surface area contributed by atoms with Crippen molar-refractivity contribution in [1.82, 2.24) is 0 Å². The van der Waals surface area contributed by atoms with Crippen molar-refractivity contribution in [1.29, 1.82) is 0 Å². The first-order valence-corrected chi connectivity index (χ1v) is 5.92. The van der Waals surface area contributed by atoms with Crippen molar-refractivity contribution < 1.29 is 18.0 Å². The average Bonchev–Trinajstić information content (AvgIpc) is 2.39. The molecule has 104 valence electrons. The second-order valence-electron chi connectivity index (χ2n) is 4.31. The molecule has 0 saturated carbocycles. The number of benzene rings is 2. The van der Waals surface area contributed by atoms with E-state index in [-0.39, 0.29) is 11.4 Å². The second kappa shape index (κ2) is 5.36. The number of hydrogen-bond acceptors (Lipinski definition) is 1. The van der Waals surface area contributed by atoms with Crippen molar-refractivity contribution in [3.8, 4) is 0 Å². The summed E-state index contributed by atoms with van der Waals surface area (Å²) in [4.78, 5) is 12.4. The molecule has 0 bridgehead atoms. The Morgan fingerprint density at radius 2 is 1.55 bits per heavy atom. The highest BCUT2D eigenvalue weighted by Gasteiger charge is 2.43. The maximum atomic E-state index is 12.8. The van der Waals surface area contributed by atoms with Gasteiger partial charge in [0.15, 0.2) is 0 Å². The summed E-state index contributed by atoms with van der Waals surface area (Å²) in [5.74, 6) is -1.91. The van der Waals surface area contributed by atoms with Crippen LogP contribution in [0.25, 0.3) is 0 Å². The number of hydrogen-bond donors (Lipinski definition) is 0. The Kier molecular flexibility index (Phi) is 3.79. The quantitative estimate of drug-likeness (QED) is 0.806. The van der Waals surface area contributed by atoms with E-state index in [4.69, 9.17) is 0 Å². The van der Waals surface area contributed by atoms with Crippen LogP contribution in [0.5, 0.6) is 0 Å². The Balaban J connectivity index is 2.53. The van der Waals surface area contributed by atoms with Crippen molar-refractivity contribution >= 4 is 17.3 Å². The third-order valence-electron chi connectivity index (χ3n) is 2.72. The summed E-state index contributed by atoms with van der Waals surface area (Å²) in [6.07, 6.45) is -4.93. The predicted molar refractivity (Wildman–Crippen MR) is 70.8 cm³/mol. The Labute approximate surface area is 114 Å². The standard InChI is InChI=1S/C15H12F3NO/c1-11-6-5-9-13(10-11)19(14(20)15(16,17)18)12-7-3-2-4-8-12/h2-10H,1H3. The van der Waals surface area contributed by atoms with E-state index < -0.39 is 12.1 Å². The van der Waals surface area contributed by atoms with Gasteiger partial charge in [0, 0.05) is 11.4 Å². The lowest BCUT2D eigenvalue weighted by Gasteiger charge is -2.24. The number of halogens is 3. The molecule has 5 heteroatoms. The first kappa shape index (κ1) is 14.1. The van der Waals surface area contributed by atoms with Gasteiger partial charge in [-0.25, -0.2) is 0 Å². The van der Waals surface area contributed by atoms with Crippen molar-refractivity contribution in [2.24, 2.45) is 0 Å². The molecule has 0 unspecified atom stereocenters. The largest absolute Gasteiger partial charge is 0.472 e. The van der Waals surface area contributed by atoms with E-state index in [1.165, 1.54) is 24.3 Å². The predicted octanol–water partition coefficient (Wildman–Crippen LogP) is 4.22. The molecule has 0 aliphatic rings. The monoisotopic (exact) mass is 279 g/mol. The van der Waals surface area contributed by atoms with Crippen LogP contribution in [-0.4, -0.2) is 12.1 Å². The van der Waals surface area contributed by atoms with E-state index in [1.807, 2.05) is 0 Å². The lowest BCUT2D eigenvalue weighted by atomic mass is 10.2. The minimum atomic E-state index is -4.93. The van der Waals surface area contributed by atoms with Crippen LogP contribution in [0.15, 0.2) is 54.6 Å². The fraction of sp³-hybridized carbons (Fsp3) is 0.133. The summed E-state index contributed by atoms with van der Waals surface area (Å²) in [6.45, 7) is 1.75. The fourth-order valence-corrected chi connectivity index (χ4v) is 1.85. The molecule has 0 radical (unpaired) electrons. The number of nitrogens with zero attached hydrogens (tertiary/aromatic N) is 1. The van der Waals surface area contributed by atoms with Gasteiger partial charge in [-0.15, -0.1) is 0 Å². The van der Waals surface area contributed by atoms with Crippen LogP contribution >= 0.6 is 0 Å². The number of para-hydroxylation sites is 1. The van der Waals surface area contributed by atoms with E-state index >= 15 is 0 Å². The minimum Gasteiger partial charge on any atom is -0.273 e. The normalized spacial score (nSPS) is 11.2. The Morgan fingerprint density at radius 1 is 0.950 bits per heavy atom. The minimum absolute atomic E-state index is 0.181. The Hall–Kier alpha value is -2.30. The van der Waals surface area contributed by atoms with Gasteiger partial charge in [0.1, 0.15) is 0 Å². The van der Waals surface area contributed by atoms with Gasteiger partial charge < -0.3 is 0 Å². The summed E-state index contributed by atoms with van der Waals surface area (Å²) >= 11 is 0. The van der Waals surface area contributed by atoms with Gasteiger partial charge in [0.05, 0.1) is 0 Å². The van der Waals surface area contributed by atoms with E-state index in [1.54, 1.807) is 37.3 Å². The summed E-state index contributed by atoms with van der Waals surface area (Å²) < 4.78 is 38.3. The Bertz CT molecular complexity index is 608. The zero-order valence-corrected chi connectivity index (χ0v) is 10.7. The van der Waals surface area contributed by atoms with Crippen molar-refractivity contribution in [2.45, 2.75) is 13.1 Å². The molecule has 0 aliphatic carbocycles. The van der Waals surface area contributed by atoms with Gasteiger partial charge in [0.25, 0.3) is 0 Å². The van der Waals surface area contributed by atoms with Crippen LogP contribution in [-0.2, 0) is 4.79 Å². The molecule has 2 nitrogen and oxygen atoms in total. The van der Waals surface area contributed by atoms with Gasteiger partial charge in [-0.05, 0) is 36.8 Å². The highest BCUT2D eigenvalue weighted by molar-refractivity contribution is 6.03. The summed E-state index contributed by atoms with van der Waals surface area (Å²) in [5, 5.41) is 0. The molecule has 2 rings (SSSR count). The van der Waals surface area contributed by atoms with E-state index in [2.05, 4.69) is 0 Å². The molecule has 20 heavy (non-hydrogen) atoms. The number of anilines is 2. The highest BCUT2D eigenvalue weighted by atomic mass is 19.4. The van der Waals surface area contributed by atoms with Crippen LogP contribution in [0.2, 0.25) is 0 Å². The molecule has 0 aromatic heterocycles. The molecule has 0 saturated heterocycles. The number of carbonyl (C=O) groups excluding carboxylic acids is 1. The van der Waals surface area contributed by atoms with Crippen LogP contribution in [0, 0.1) is 6.92 Å². The molecule has 2 aromatic rings. The molecule has 0 aliphatic heterocycles. The first-order valence-electron chi connectivity index (χ1n) is 5.92. The Morgan fingerprint density at radius 3 is 2.10 bits per heavy atom. The first-order chi connectivity index (χ1) is 9.39. The number of rotatable bonds is 2. The molecular formula is C15H12F3NO. The molecule has 0 N–H and O–H groups in total. The van der Waals surface area contributed by atoms with Gasteiger partial charge >= 0.3 is 12.1 Å². The van der Waals surface area contributed by atoms with Crippen molar-refractivity contribution in [2.75, 3.05) is 4.90 Å². The van der Waals surface area contributed by atoms with Crippen LogP contribution in [0.3, 0.4) is 0 Å². The van der Waals surface area contributed by atoms with Gasteiger partial charge in [-0.3, -0.25) is 9.69 Å². The van der Waals surface area contributed by atoms with Crippen molar-refractivity contribution in [3.63, 3.8) is 0 Å². The number of carbonyl (C=O) groups is 1. The van der Waals surface area contributed by atoms with Crippen LogP contribution in [0.1, 0.15) is 5.56 Å². The maximum Gasteiger partial charge on any atom is 0.472 e. The summed E-state index contributed by atoms with van der Waals surface area (Å²) in [7, 11) is 0. The van der Waals surface area contributed by atoms with Crippen LogP contribution < -0.4 is 4.90 Å². The maximum absolute atomic E-state index is 12.8. The zero-order valence-electron chi connectivity index (χ0n) is 10.7. The van der Waals surface area contributed by atoms with E-state index in [0.717, 1.165) is 5.56 Å². The summed E-state index contributed by atoms with van der Waals surface area (Å²) in [6, 6.07) is 14.2. The number of aryl methyl sites for hydroxylation is 1. The molecule has 0 spiro atoms. The van der Waals surface area contributed by atoms with Gasteiger partial charge in [-0.1, -0.05) is 30.3 Å². The van der Waals surface area contributed by atoms with E-state index in [0.29, 0.717) is 4.90 Å².